The van der Waals surface area contributed by atoms with Gasteiger partial charge in [-0.2, -0.15) is 0 Å². The molecule has 1 amide bonds. The van der Waals surface area contributed by atoms with Gasteiger partial charge in [0.05, 0.1) is 0 Å². The molecule has 2 aromatic rings. The number of amides is 1. The van der Waals surface area contributed by atoms with Gasteiger partial charge in [-0.25, -0.2) is 0 Å². The van der Waals surface area contributed by atoms with Crippen LogP contribution in [0, 0.1) is 13.8 Å². The summed E-state index contributed by atoms with van der Waals surface area (Å²) in [7, 11) is 0. The number of alkyl halides is 1. The van der Waals surface area contributed by atoms with Gasteiger partial charge in [0, 0.05) is 0 Å². The van der Waals surface area contributed by atoms with E-state index in [1.165, 1.54) is 9.88 Å². The fourth-order valence-electron chi connectivity index (χ4n) is 2.97. The quantitative estimate of drug-likeness (QED) is 0.454. The molecule has 3 nitrogen and oxygen atoms in total. The number of thioether (sulfide) groups is 1. The monoisotopic (exact) mass is 488 g/mol. The van der Waals surface area contributed by atoms with Crippen molar-refractivity contribution < 1.29 is 4.79 Å². The van der Waals surface area contributed by atoms with Gasteiger partial charge in [0.2, 0.25) is 0 Å². The molecule has 2 aliphatic rings. The Bertz CT molecular complexity index is 782. The molecule has 0 radical (unpaired) electrons. The molecule has 7 heteroatoms. The molecule has 0 N–H and O–H groups in total. The predicted molar refractivity (Wildman–Crippen MR) is 109 cm³/mol. The van der Waals surface area contributed by atoms with Crippen molar-refractivity contribution in [2.45, 2.75) is 24.2 Å². The first-order chi connectivity index (χ1) is 11.6. The van der Waals surface area contributed by atoms with E-state index in [1.54, 1.807) is 11.3 Å². The fraction of sp³-hybridized carbons (Fsp3) is 0.353. The van der Waals surface area contributed by atoms with Crippen LogP contribution in [0.2, 0.25) is 4.82 Å². The molecule has 3 heterocycles. The van der Waals surface area contributed by atoms with E-state index in [0.29, 0.717) is 20.0 Å². The number of carbonyl (C=O) groups is 1. The first-order valence-corrected chi connectivity index (χ1v) is 12.5. The second kappa shape index (κ2) is 6.69. The summed E-state index contributed by atoms with van der Waals surface area (Å²) in [5.74, 6) is 1.25. The van der Waals surface area contributed by atoms with Crippen LogP contribution in [0.5, 0.6) is 0 Å². The summed E-state index contributed by atoms with van der Waals surface area (Å²) in [4.78, 5) is 17.3. The molecule has 2 atom stereocenters. The van der Waals surface area contributed by atoms with Gasteiger partial charge in [-0.05, 0) is 0 Å². The molecule has 2 aliphatic heterocycles. The number of benzene rings is 1. The van der Waals surface area contributed by atoms with E-state index >= 15 is 0 Å². The Labute approximate surface area is 165 Å². The topological polar surface area (TPSA) is 23.6 Å². The van der Waals surface area contributed by atoms with Crippen LogP contribution in [0.4, 0.5) is 10.7 Å². The van der Waals surface area contributed by atoms with Gasteiger partial charge < -0.3 is 0 Å². The maximum atomic E-state index is 13.3. The summed E-state index contributed by atoms with van der Waals surface area (Å²) in [6.07, 6.45) is 0. The minimum absolute atomic E-state index is 0.0835. The summed E-state index contributed by atoms with van der Waals surface area (Å²) < 4.78 is 2.50. The van der Waals surface area contributed by atoms with Crippen molar-refractivity contribution in [3.63, 3.8) is 0 Å². The zero-order valence-corrected chi connectivity index (χ0v) is 18.3. The van der Waals surface area contributed by atoms with Crippen molar-refractivity contribution in [2.75, 3.05) is 19.9 Å². The van der Waals surface area contributed by atoms with Crippen molar-refractivity contribution in [1.82, 2.24) is 0 Å². The Morgan fingerprint density at radius 2 is 2.04 bits per heavy atom. The third-order valence-corrected chi connectivity index (χ3v) is 12.2. The number of anilines is 2. The SMILES string of the molecule is Cc1sc2c(c1C)C(=O)N(c1ccccc1)C1SCC(CBr)[Se]N21. The van der Waals surface area contributed by atoms with E-state index in [1.807, 2.05) is 47.0 Å². The Morgan fingerprint density at radius 3 is 2.75 bits per heavy atom. The fourth-order valence-corrected chi connectivity index (χ4v) is 10.0. The summed E-state index contributed by atoms with van der Waals surface area (Å²) in [6, 6.07) is 10.1. The summed E-state index contributed by atoms with van der Waals surface area (Å²) in [5.41, 5.74) is 3.13. The van der Waals surface area contributed by atoms with E-state index < -0.39 is 0 Å². The van der Waals surface area contributed by atoms with Crippen LogP contribution in [-0.4, -0.2) is 37.7 Å². The van der Waals surface area contributed by atoms with Crippen molar-refractivity contribution in [2.24, 2.45) is 0 Å². The van der Waals surface area contributed by atoms with Crippen LogP contribution in [-0.2, 0) is 0 Å². The number of aryl methyl sites for hydroxylation is 1. The molecule has 1 saturated heterocycles. The zero-order chi connectivity index (χ0) is 16.8. The Balaban J connectivity index is 1.85. The molecule has 1 fully saturated rings. The van der Waals surface area contributed by atoms with E-state index in [9.17, 15) is 4.79 Å². The molecule has 1 aromatic heterocycles. The Hall–Kier alpha value is -0.461. The Morgan fingerprint density at radius 1 is 1.29 bits per heavy atom. The van der Waals surface area contributed by atoms with Crippen LogP contribution < -0.4 is 8.82 Å². The van der Waals surface area contributed by atoms with Crippen LogP contribution in [0.1, 0.15) is 20.8 Å². The number of halogens is 1. The first-order valence-electron chi connectivity index (χ1n) is 7.74. The van der Waals surface area contributed by atoms with Gasteiger partial charge >= 0.3 is 166 Å². The standard InChI is InChI=1S/C17H17BrN2OS2Se/c1-10-11(2)23-16-14(10)15(21)19(12-6-4-3-5-7-12)17-20(16)24-13(8-18)9-22-17/h3-7,13,17H,8-9H2,1-2H3. The van der Waals surface area contributed by atoms with E-state index in [-0.39, 0.29) is 11.4 Å². The number of hydrogen-bond donors (Lipinski definition) is 0. The zero-order valence-electron chi connectivity index (χ0n) is 13.4. The van der Waals surface area contributed by atoms with Crippen LogP contribution in [0.3, 0.4) is 0 Å². The number of hydrogen-bond acceptors (Lipinski definition) is 4. The van der Waals surface area contributed by atoms with E-state index in [2.05, 4.69) is 33.7 Å². The second-order valence-electron chi connectivity index (χ2n) is 5.84. The number of nitrogens with zero attached hydrogens (tertiary/aromatic N) is 2. The van der Waals surface area contributed by atoms with Crippen molar-refractivity contribution in [3.8, 4) is 0 Å². The molecule has 126 valence electrons. The summed E-state index contributed by atoms with van der Waals surface area (Å²) in [6.45, 7) is 4.21. The molecular formula is C17H17BrN2OS2Se. The third kappa shape index (κ3) is 2.65. The van der Waals surface area contributed by atoms with Crippen LogP contribution in [0.25, 0.3) is 0 Å². The maximum absolute atomic E-state index is 13.3. The van der Waals surface area contributed by atoms with Gasteiger partial charge in [0.25, 0.3) is 0 Å². The number of para-hydroxylation sites is 1. The first kappa shape index (κ1) is 17.0. The van der Waals surface area contributed by atoms with Gasteiger partial charge in [-0.15, -0.1) is 0 Å². The average molecular weight is 488 g/mol. The average Bonchev–Trinajstić information content (AvgIpc) is 2.91. The molecule has 1 aromatic carbocycles. The summed E-state index contributed by atoms with van der Waals surface area (Å²) >= 11 is 7.67. The van der Waals surface area contributed by atoms with Gasteiger partial charge in [0.1, 0.15) is 0 Å². The van der Waals surface area contributed by atoms with Crippen molar-refractivity contribution in [1.29, 1.82) is 0 Å². The van der Waals surface area contributed by atoms with E-state index in [0.717, 1.165) is 27.9 Å². The molecule has 0 saturated carbocycles. The molecule has 4 rings (SSSR count). The molecule has 0 bridgehead atoms. The van der Waals surface area contributed by atoms with Crippen LogP contribution >= 0.6 is 39.0 Å². The third-order valence-electron chi connectivity index (χ3n) is 4.32. The van der Waals surface area contributed by atoms with E-state index in [4.69, 9.17) is 0 Å². The summed E-state index contributed by atoms with van der Waals surface area (Å²) in [5, 5.41) is 2.21. The Kier molecular flexibility index (Phi) is 4.73. The minimum atomic E-state index is 0.0835. The molecule has 0 spiro atoms. The number of carbonyl (C=O) groups excluding carboxylic acids is 1. The number of thiophene rings is 1. The molecule has 0 aliphatic carbocycles. The molecular weight excluding hydrogens is 471 g/mol. The van der Waals surface area contributed by atoms with Gasteiger partial charge in [0.15, 0.2) is 0 Å². The van der Waals surface area contributed by atoms with Gasteiger partial charge in [-0.1, -0.05) is 0 Å². The van der Waals surface area contributed by atoms with Crippen molar-refractivity contribution in [3.05, 3.63) is 46.3 Å². The molecule has 24 heavy (non-hydrogen) atoms. The predicted octanol–water partition coefficient (Wildman–Crippen LogP) is 4.66. The number of fused-ring (bicyclic) bond motifs is 3. The van der Waals surface area contributed by atoms with Crippen LogP contribution in [0.15, 0.2) is 30.3 Å². The molecule has 2 unspecified atom stereocenters. The number of rotatable bonds is 2. The van der Waals surface area contributed by atoms with Gasteiger partial charge in [-0.3, -0.25) is 0 Å². The van der Waals surface area contributed by atoms with Crippen molar-refractivity contribution >= 4 is 70.8 Å². The second-order valence-corrected chi connectivity index (χ2v) is 11.4. The normalized spacial score (nSPS) is 23.2.